The molecule has 0 bridgehead atoms. The lowest BCUT2D eigenvalue weighted by Crippen LogP contribution is -2.44. The van der Waals surface area contributed by atoms with Crippen molar-refractivity contribution in [3.05, 3.63) is 104 Å². The zero-order valence-electron chi connectivity index (χ0n) is 17.8. The van der Waals surface area contributed by atoms with Gasteiger partial charge in [0.15, 0.2) is 69.8 Å². The van der Waals surface area contributed by atoms with E-state index >= 15 is 0 Å². The van der Waals surface area contributed by atoms with Crippen LogP contribution in [0.15, 0.2) is 0 Å². The van der Waals surface area contributed by atoms with Crippen LogP contribution in [0.2, 0.25) is 0 Å². The molecule has 0 atom stereocenters. The number of hydrogen-bond donors (Lipinski definition) is 2. The molecule has 0 aliphatic heterocycles. The maximum Gasteiger partial charge on any atom is 0.633 e. The molecule has 210 valence electrons. The number of hydrogen-bond acceptors (Lipinski definition) is 3. The van der Waals surface area contributed by atoms with Gasteiger partial charge in [0.05, 0.1) is 12.0 Å². The van der Waals surface area contributed by atoms with Gasteiger partial charge in [-0.15, -0.1) is 0 Å². The van der Waals surface area contributed by atoms with Crippen LogP contribution < -0.4 is 0 Å². The average Bonchev–Trinajstić information content (AvgIpc) is 2.89. The maximum absolute atomic E-state index is 15.0. The van der Waals surface area contributed by atoms with Gasteiger partial charge in [0.25, 0.3) is 0 Å². The van der Waals surface area contributed by atoms with Crippen molar-refractivity contribution in [2.24, 2.45) is 0 Å². The van der Waals surface area contributed by atoms with Crippen LogP contribution in [0.1, 0.15) is 16.7 Å². The van der Waals surface area contributed by atoms with Gasteiger partial charge in [0.1, 0.15) is 0 Å². The summed E-state index contributed by atoms with van der Waals surface area (Å²) >= 11 is 0. The molecule has 3 aromatic rings. The van der Waals surface area contributed by atoms with Crippen LogP contribution in [-0.2, 0) is 10.1 Å². The zero-order valence-corrected chi connectivity index (χ0v) is 17.8. The lowest BCUT2D eigenvalue weighted by molar-refractivity contribution is 0.150. The van der Waals surface area contributed by atoms with Crippen molar-refractivity contribution in [3.63, 3.8) is 0 Å². The molecule has 0 heterocycles. The Hall–Kier alpha value is -3.45. The Kier molecular flexibility index (Phi) is 7.93. The molecule has 3 rings (SSSR count). The molecule has 19 heteroatoms. The second kappa shape index (κ2) is 10.3. The summed E-state index contributed by atoms with van der Waals surface area (Å²) in [6.45, 7) is -2.69. The van der Waals surface area contributed by atoms with Crippen LogP contribution in [0, 0.1) is 87.3 Å². The van der Waals surface area contributed by atoms with Gasteiger partial charge in [-0.2, -0.15) is 0 Å². The highest BCUT2D eigenvalue weighted by atomic mass is 19.2. The summed E-state index contributed by atoms with van der Waals surface area (Å²) in [5, 5.41) is 18.0. The lowest BCUT2D eigenvalue weighted by atomic mass is 9.68. The first-order chi connectivity index (χ1) is 17.9. The molecule has 0 radical (unpaired) electrons. The van der Waals surface area contributed by atoms with Crippen molar-refractivity contribution in [2.75, 3.05) is 6.61 Å². The largest absolute Gasteiger partial charge is 0.633 e. The first-order valence-corrected chi connectivity index (χ1v) is 9.48. The zero-order chi connectivity index (χ0) is 29.9. The van der Waals surface area contributed by atoms with E-state index in [0.29, 0.717) is 0 Å². The molecule has 3 aromatic carbocycles. The summed E-state index contributed by atoms with van der Waals surface area (Å²) < 4.78 is 220. The highest BCUT2D eigenvalue weighted by Gasteiger charge is 2.54. The molecule has 0 aliphatic carbocycles. The molecule has 0 aliphatic rings. The van der Waals surface area contributed by atoms with Gasteiger partial charge in [0.2, 0.25) is 17.5 Å². The van der Waals surface area contributed by atoms with Crippen LogP contribution >= 0.6 is 0 Å². The normalized spacial score (nSPS) is 11.9. The van der Waals surface area contributed by atoms with E-state index in [1.807, 2.05) is 0 Å². The van der Waals surface area contributed by atoms with Crippen molar-refractivity contribution in [1.82, 2.24) is 0 Å². The number of rotatable bonds is 6. The van der Waals surface area contributed by atoms with Crippen molar-refractivity contribution in [2.45, 2.75) is 5.41 Å². The van der Waals surface area contributed by atoms with Gasteiger partial charge < -0.3 is 14.7 Å². The Morgan fingerprint density at radius 2 is 0.564 bits per heavy atom. The van der Waals surface area contributed by atoms with E-state index in [-0.39, 0.29) is 0 Å². The Balaban J connectivity index is 2.87. The fourth-order valence-electron chi connectivity index (χ4n) is 3.73. The number of benzene rings is 3. The Labute approximate surface area is 204 Å². The molecule has 3 nitrogen and oxygen atoms in total. The van der Waals surface area contributed by atoms with Gasteiger partial charge in [-0.1, -0.05) is 0 Å². The predicted octanol–water partition coefficient (Wildman–Crippen LogP) is 5.09. The monoisotopic (exact) mass is 588 g/mol. The van der Waals surface area contributed by atoms with Crippen molar-refractivity contribution in [3.8, 4) is 0 Å². The highest BCUT2D eigenvalue weighted by Crippen LogP contribution is 2.49. The van der Waals surface area contributed by atoms with Gasteiger partial charge in [-0.3, -0.25) is 0 Å². The summed E-state index contributed by atoms with van der Waals surface area (Å²) in [7, 11) is -3.40. The summed E-state index contributed by atoms with van der Waals surface area (Å²) in [5.41, 5.74) is -13.9. The third-order valence-electron chi connectivity index (χ3n) is 5.36. The molecule has 0 saturated carbocycles. The summed E-state index contributed by atoms with van der Waals surface area (Å²) in [6.07, 6.45) is 0. The molecular weight excluding hydrogens is 584 g/mol. The van der Waals surface area contributed by atoms with E-state index < -0.39 is 123 Å². The molecule has 0 spiro atoms. The van der Waals surface area contributed by atoms with Crippen molar-refractivity contribution in [1.29, 1.82) is 0 Å². The highest BCUT2D eigenvalue weighted by molar-refractivity contribution is 6.32. The molecule has 0 saturated heterocycles. The van der Waals surface area contributed by atoms with E-state index in [9.17, 15) is 65.9 Å². The minimum Gasteiger partial charge on any atom is -0.402 e. The van der Waals surface area contributed by atoms with Gasteiger partial charge in [0, 0.05) is 16.7 Å². The Bertz CT molecular complexity index is 1260. The van der Waals surface area contributed by atoms with Crippen LogP contribution in [0.25, 0.3) is 0 Å². The second-order valence-corrected chi connectivity index (χ2v) is 7.38. The number of halogens is 15. The lowest BCUT2D eigenvalue weighted by Gasteiger charge is -2.37. The van der Waals surface area contributed by atoms with Crippen molar-refractivity contribution < 1.29 is 80.6 Å². The maximum atomic E-state index is 15.0. The Morgan fingerprint density at radius 3 is 0.744 bits per heavy atom. The fraction of sp³-hybridized carbons (Fsp3) is 0.100. The fourth-order valence-corrected chi connectivity index (χ4v) is 3.73. The third kappa shape index (κ3) is 4.28. The summed E-state index contributed by atoms with van der Waals surface area (Å²) in [5.74, 6) is -48.0. The van der Waals surface area contributed by atoms with E-state index in [1.54, 1.807) is 0 Å². The van der Waals surface area contributed by atoms with Crippen LogP contribution in [-0.4, -0.2) is 24.0 Å². The molecule has 39 heavy (non-hydrogen) atoms. The van der Waals surface area contributed by atoms with Gasteiger partial charge in [-0.05, 0) is 0 Å². The topological polar surface area (TPSA) is 49.7 Å². The molecule has 0 amide bonds. The molecule has 2 N–H and O–H groups in total. The van der Waals surface area contributed by atoms with E-state index in [0.717, 1.165) is 0 Å². The minimum atomic E-state index is -4.96. The van der Waals surface area contributed by atoms with Gasteiger partial charge >= 0.3 is 7.32 Å². The third-order valence-corrected chi connectivity index (χ3v) is 5.36. The van der Waals surface area contributed by atoms with Gasteiger partial charge in [-0.25, -0.2) is 65.9 Å². The van der Waals surface area contributed by atoms with Crippen LogP contribution in [0.3, 0.4) is 0 Å². The molecule has 0 fully saturated rings. The summed E-state index contributed by atoms with van der Waals surface area (Å²) in [4.78, 5) is 0. The smallest absolute Gasteiger partial charge is 0.402 e. The van der Waals surface area contributed by atoms with Crippen LogP contribution in [0.4, 0.5) is 65.9 Å². The minimum absolute atomic E-state index is 2.69. The first kappa shape index (κ1) is 30.1. The molecule has 0 aromatic heterocycles. The molecular formula is C20H4BF15O3. The quantitative estimate of drug-likeness (QED) is 0.139. The van der Waals surface area contributed by atoms with Crippen molar-refractivity contribution >= 4 is 7.32 Å². The summed E-state index contributed by atoms with van der Waals surface area (Å²) in [6, 6.07) is 0. The average molecular weight is 588 g/mol. The van der Waals surface area contributed by atoms with Crippen LogP contribution in [0.5, 0.6) is 0 Å². The Morgan fingerprint density at radius 1 is 0.385 bits per heavy atom. The second-order valence-electron chi connectivity index (χ2n) is 7.38. The standard InChI is InChI=1S/C20H4BF15O3/c22-5-2(6(23)12(29)17(34)11(5)28)20(1-39-21(37)38,3-7(24)13(30)18(35)14(31)8(3)25)4-9(26)15(32)19(36)16(33)10(4)27/h37-38H,1H2. The SMILES string of the molecule is OB(O)OCC(c1c(F)c(F)c(F)c(F)c1F)(c1c(F)c(F)c(F)c(F)c1F)c1c(F)c(F)c(F)c(F)c1F. The van der Waals surface area contributed by atoms with E-state index in [2.05, 4.69) is 4.65 Å². The van der Waals surface area contributed by atoms with E-state index in [1.165, 1.54) is 0 Å². The predicted molar refractivity (Wildman–Crippen MR) is 94.7 cm³/mol. The first-order valence-electron chi connectivity index (χ1n) is 9.48. The van der Waals surface area contributed by atoms with E-state index in [4.69, 9.17) is 10.0 Å². The molecule has 0 unspecified atom stereocenters.